The minimum Gasteiger partial charge on any atom is -0.444 e. The van der Waals surface area contributed by atoms with Gasteiger partial charge in [-0.25, -0.2) is 13.2 Å². The second-order valence-electron chi connectivity index (χ2n) is 5.59. The van der Waals surface area contributed by atoms with Crippen molar-refractivity contribution in [2.24, 2.45) is 11.8 Å². The first-order valence-electron chi connectivity index (χ1n) is 5.80. The topological polar surface area (TPSA) is 72.5 Å². The van der Waals surface area contributed by atoms with Gasteiger partial charge in [0.1, 0.15) is 5.60 Å². The molecule has 108 valence electrons. The number of carbonyl (C=O) groups is 1. The molecule has 0 aliphatic carbocycles. The van der Waals surface area contributed by atoms with Crippen LogP contribution in [0.3, 0.4) is 0 Å². The zero-order chi connectivity index (χ0) is 14.6. The first-order valence-corrected chi connectivity index (χ1v) is 8.28. The summed E-state index contributed by atoms with van der Waals surface area (Å²) in [5.74, 6) is -0.310. The van der Waals surface area contributed by atoms with E-state index >= 15 is 0 Å². The van der Waals surface area contributed by atoms with Crippen molar-refractivity contribution in [3.63, 3.8) is 0 Å². The van der Waals surface area contributed by atoms with Crippen LogP contribution in [0.4, 0.5) is 4.79 Å². The monoisotopic (exact) mass is 299 g/mol. The Morgan fingerprint density at radius 3 is 2.17 bits per heavy atom. The summed E-state index contributed by atoms with van der Waals surface area (Å²) in [6.45, 7) is 9.26. The highest BCUT2D eigenvalue weighted by Crippen LogP contribution is 2.15. The van der Waals surface area contributed by atoms with Crippen LogP contribution in [0.1, 0.15) is 34.6 Å². The first-order chi connectivity index (χ1) is 7.91. The largest absolute Gasteiger partial charge is 0.444 e. The van der Waals surface area contributed by atoms with Gasteiger partial charge in [-0.3, -0.25) is 0 Å². The third-order valence-electron chi connectivity index (χ3n) is 2.26. The molecule has 0 saturated heterocycles. The zero-order valence-electron chi connectivity index (χ0n) is 11.5. The number of nitrogens with one attached hydrogen (secondary N) is 1. The predicted octanol–water partition coefficient (Wildman–Crippen LogP) is 2.35. The average Bonchev–Trinajstić information content (AvgIpc) is 2.06. The number of ether oxygens (including phenoxy) is 1. The first kappa shape index (κ1) is 17.5. The van der Waals surface area contributed by atoms with E-state index in [1.54, 1.807) is 20.8 Å². The maximum atomic E-state index is 11.4. The minimum absolute atomic E-state index is 0.0912. The predicted molar refractivity (Wildman–Crippen MR) is 72.2 cm³/mol. The fraction of sp³-hybridized carbons (Fsp3) is 0.909. The Labute approximate surface area is 114 Å². The highest BCUT2D eigenvalue weighted by molar-refractivity contribution is 8.13. The molecule has 7 heteroatoms. The van der Waals surface area contributed by atoms with E-state index in [0.717, 1.165) is 0 Å². The lowest BCUT2D eigenvalue weighted by atomic mass is 9.98. The lowest BCUT2D eigenvalue weighted by Crippen LogP contribution is -2.38. The molecule has 1 atom stereocenters. The molecule has 0 spiro atoms. The average molecular weight is 300 g/mol. The summed E-state index contributed by atoms with van der Waals surface area (Å²) in [6, 6.07) is 0. The molecule has 0 aromatic rings. The molecule has 0 aromatic heterocycles. The Morgan fingerprint density at radius 1 is 1.33 bits per heavy atom. The van der Waals surface area contributed by atoms with E-state index < -0.39 is 20.7 Å². The fourth-order valence-corrected chi connectivity index (χ4v) is 2.77. The number of alkyl carbamates (subject to hydrolysis) is 1. The van der Waals surface area contributed by atoms with Gasteiger partial charge in [0, 0.05) is 17.2 Å². The SMILES string of the molecule is CC(C)C(CNC(=O)OC(C)(C)C)CS(=O)(=O)Cl. The Bertz CT molecular complexity index is 373. The highest BCUT2D eigenvalue weighted by atomic mass is 35.7. The maximum Gasteiger partial charge on any atom is 0.407 e. The second-order valence-corrected chi connectivity index (χ2v) is 8.41. The van der Waals surface area contributed by atoms with Crippen LogP contribution >= 0.6 is 10.7 Å². The maximum absolute atomic E-state index is 11.4. The molecule has 0 heterocycles. The van der Waals surface area contributed by atoms with E-state index in [-0.39, 0.29) is 24.1 Å². The smallest absolute Gasteiger partial charge is 0.407 e. The van der Waals surface area contributed by atoms with Gasteiger partial charge in [0.2, 0.25) is 9.05 Å². The summed E-state index contributed by atoms with van der Waals surface area (Å²) in [7, 11) is 1.65. The van der Waals surface area contributed by atoms with Crippen LogP contribution < -0.4 is 5.32 Å². The van der Waals surface area contributed by atoms with Crippen molar-refractivity contribution in [2.45, 2.75) is 40.2 Å². The lowest BCUT2D eigenvalue weighted by Gasteiger charge is -2.23. The van der Waals surface area contributed by atoms with Gasteiger partial charge in [-0.15, -0.1) is 0 Å². The van der Waals surface area contributed by atoms with E-state index in [0.29, 0.717) is 0 Å². The van der Waals surface area contributed by atoms with Crippen molar-refractivity contribution in [3.8, 4) is 0 Å². The summed E-state index contributed by atoms with van der Waals surface area (Å²) in [5, 5.41) is 2.56. The van der Waals surface area contributed by atoms with Crippen LogP contribution in [-0.4, -0.2) is 32.4 Å². The van der Waals surface area contributed by atoms with Gasteiger partial charge in [0.15, 0.2) is 0 Å². The van der Waals surface area contributed by atoms with E-state index in [2.05, 4.69) is 5.32 Å². The molecular formula is C11H22ClNO4S. The summed E-state index contributed by atoms with van der Waals surface area (Å²) in [5.41, 5.74) is -0.573. The molecule has 1 amide bonds. The zero-order valence-corrected chi connectivity index (χ0v) is 13.1. The highest BCUT2D eigenvalue weighted by Gasteiger charge is 2.22. The summed E-state index contributed by atoms with van der Waals surface area (Å²) in [6.07, 6.45) is -0.555. The Morgan fingerprint density at radius 2 is 1.83 bits per heavy atom. The summed E-state index contributed by atoms with van der Waals surface area (Å²) in [4.78, 5) is 11.4. The Kier molecular flexibility index (Phi) is 6.43. The standard InChI is InChI=1S/C11H22ClNO4S/c1-8(2)9(7-18(12,15)16)6-13-10(14)17-11(3,4)5/h8-9H,6-7H2,1-5H3,(H,13,14). The van der Waals surface area contributed by atoms with Crippen molar-refractivity contribution in [1.29, 1.82) is 0 Å². The molecule has 5 nitrogen and oxygen atoms in total. The van der Waals surface area contributed by atoms with Crippen LogP contribution in [0.25, 0.3) is 0 Å². The molecular weight excluding hydrogens is 278 g/mol. The molecule has 0 aromatic carbocycles. The number of carbonyl (C=O) groups excluding carboxylic acids is 1. The van der Waals surface area contributed by atoms with Crippen LogP contribution in [-0.2, 0) is 13.8 Å². The third kappa shape index (κ3) is 9.53. The third-order valence-corrected chi connectivity index (χ3v) is 3.47. The summed E-state index contributed by atoms with van der Waals surface area (Å²) >= 11 is 0. The molecule has 0 fully saturated rings. The van der Waals surface area contributed by atoms with E-state index in [9.17, 15) is 13.2 Å². The molecule has 0 bridgehead atoms. The van der Waals surface area contributed by atoms with Crippen molar-refractivity contribution in [3.05, 3.63) is 0 Å². The van der Waals surface area contributed by atoms with E-state index in [1.807, 2.05) is 13.8 Å². The molecule has 0 aliphatic rings. The Hall–Kier alpha value is -0.490. The normalized spacial score (nSPS) is 14.4. The van der Waals surface area contributed by atoms with Gasteiger partial charge in [-0.05, 0) is 32.6 Å². The van der Waals surface area contributed by atoms with Crippen LogP contribution in [0.5, 0.6) is 0 Å². The molecule has 18 heavy (non-hydrogen) atoms. The van der Waals surface area contributed by atoms with E-state index in [4.69, 9.17) is 15.4 Å². The van der Waals surface area contributed by atoms with Crippen LogP contribution in [0, 0.1) is 11.8 Å². The van der Waals surface area contributed by atoms with Gasteiger partial charge in [-0.2, -0.15) is 0 Å². The van der Waals surface area contributed by atoms with Crippen molar-refractivity contribution in [2.75, 3.05) is 12.3 Å². The van der Waals surface area contributed by atoms with E-state index in [1.165, 1.54) is 0 Å². The second kappa shape index (κ2) is 6.61. The van der Waals surface area contributed by atoms with Gasteiger partial charge in [0.25, 0.3) is 0 Å². The molecule has 0 aliphatic heterocycles. The molecule has 0 saturated carbocycles. The molecule has 1 unspecified atom stereocenters. The van der Waals surface area contributed by atoms with Crippen LogP contribution in [0.15, 0.2) is 0 Å². The van der Waals surface area contributed by atoms with Gasteiger partial charge >= 0.3 is 6.09 Å². The fourth-order valence-electron chi connectivity index (χ4n) is 1.27. The van der Waals surface area contributed by atoms with Crippen molar-refractivity contribution in [1.82, 2.24) is 5.32 Å². The number of hydrogen-bond acceptors (Lipinski definition) is 4. The molecule has 1 N–H and O–H groups in total. The number of amides is 1. The number of rotatable bonds is 5. The van der Waals surface area contributed by atoms with Gasteiger partial charge in [0.05, 0.1) is 5.75 Å². The number of hydrogen-bond donors (Lipinski definition) is 1. The lowest BCUT2D eigenvalue weighted by molar-refractivity contribution is 0.0517. The number of halogens is 1. The van der Waals surface area contributed by atoms with Gasteiger partial charge < -0.3 is 10.1 Å². The minimum atomic E-state index is -3.57. The van der Waals surface area contributed by atoms with Crippen molar-refractivity contribution >= 4 is 25.8 Å². The molecule has 0 radical (unpaired) electrons. The quantitative estimate of drug-likeness (QED) is 0.791. The molecule has 0 rings (SSSR count). The summed E-state index contributed by atoms with van der Waals surface area (Å²) < 4.78 is 27.1. The Balaban J connectivity index is 4.33. The van der Waals surface area contributed by atoms with Crippen molar-refractivity contribution < 1.29 is 17.9 Å². The van der Waals surface area contributed by atoms with Crippen LogP contribution in [0.2, 0.25) is 0 Å². The van der Waals surface area contributed by atoms with Gasteiger partial charge in [-0.1, -0.05) is 13.8 Å².